The van der Waals surface area contributed by atoms with Crippen LogP contribution in [-0.4, -0.2) is 60.3 Å². The molecule has 0 unspecified atom stereocenters. The summed E-state index contributed by atoms with van der Waals surface area (Å²) in [4.78, 5) is 20.7. The molecule has 0 aliphatic carbocycles. The Kier molecular flexibility index (Phi) is 15.7. The molecular formula is C13H28N2O4S. The number of hydrogen-bond acceptors (Lipinski definition) is 5. The number of unbranched alkanes of at least 4 members (excludes halogenated alkanes) is 1. The van der Waals surface area contributed by atoms with Crippen LogP contribution < -0.4 is 10.6 Å². The summed E-state index contributed by atoms with van der Waals surface area (Å²) in [5.41, 5.74) is 0. The Bertz CT molecular complexity index is 239. The van der Waals surface area contributed by atoms with Crippen LogP contribution in [0, 0.1) is 0 Å². The summed E-state index contributed by atoms with van der Waals surface area (Å²) in [7, 11) is 3.34. The van der Waals surface area contributed by atoms with E-state index in [0.717, 1.165) is 25.0 Å². The van der Waals surface area contributed by atoms with Gasteiger partial charge in [-0.3, -0.25) is 9.59 Å². The first kappa shape index (κ1) is 21.5. The molecule has 20 heavy (non-hydrogen) atoms. The predicted octanol–water partition coefficient (Wildman–Crippen LogP) is 1.26. The predicted molar refractivity (Wildman–Crippen MR) is 83.5 cm³/mol. The van der Waals surface area contributed by atoms with Gasteiger partial charge in [-0.2, -0.15) is 11.8 Å². The van der Waals surface area contributed by atoms with Gasteiger partial charge in [0.25, 0.3) is 0 Å². The van der Waals surface area contributed by atoms with Crippen molar-refractivity contribution in [3.63, 3.8) is 0 Å². The Morgan fingerprint density at radius 3 is 1.80 bits per heavy atom. The van der Waals surface area contributed by atoms with Crippen LogP contribution >= 0.6 is 11.8 Å². The van der Waals surface area contributed by atoms with Crippen molar-refractivity contribution < 1.29 is 19.8 Å². The molecule has 0 aliphatic rings. The average Bonchev–Trinajstić information content (AvgIpc) is 2.40. The monoisotopic (exact) mass is 308 g/mol. The minimum Gasteiger partial charge on any atom is -0.480 e. The number of likely N-dealkylation sites (N-methyl/N-ethyl adjacent to an activating group) is 2. The summed E-state index contributed by atoms with van der Waals surface area (Å²) in [5.74, 6) is -0.634. The molecular weight excluding hydrogens is 280 g/mol. The van der Waals surface area contributed by atoms with E-state index in [1.165, 1.54) is 0 Å². The number of carbonyl (C=O) groups is 2. The maximum atomic E-state index is 10.4. The Morgan fingerprint density at radius 2 is 1.50 bits per heavy atom. The molecule has 0 saturated heterocycles. The van der Waals surface area contributed by atoms with Crippen LogP contribution in [0.1, 0.15) is 32.6 Å². The first-order chi connectivity index (χ1) is 9.44. The molecule has 0 fully saturated rings. The molecule has 7 heteroatoms. The summed E-state index contributed by atoms with van der Waals surface area (Å²) in [6, 6.07) is -0.743. The summed E-state index contributed by atoms with van der Waals surface area (Å²) >= 11 is 1.66. The molecule has 0 aromatic carbocycles. The zero-order valence-electron chi connectivity index (χ0n) is 12.8. The van der Waals surface area contributed by atoms with Crippen molar-refractivity contribution in [1.29, 1.82) is 0 Å². The summed E-state index contributed by atoms with van der Waals surface area (Å²) < 4.78 is 0. The lowest BCUT2D eigenvalue weighted by molar-refractivity contribution is -0.140. The molecule has 6 nitrogen and oxygen atoms in total. The lowest BCUT2D eigenvalue weighted by atomic mass is 10.1. The minimum absolute atomic E-state index is 0.361. The highest BCUT2D eigenvalue weighted by Gasteiger charge is 2.13. The van der Waals surface area contributed by atoms with Gasteiger partial charge in [-0.25, -0.2) is 0 Å². The van der Waals surface area contributed by atoms with Crippen molar-refractivity contribution in [1.82, 2.24) is 10.6 Å². The number of rotatable bonds is 10. The van der Waals surface area contributed by atoms with E-state index < -0.39 is 11.9 Å². The van der Waals surface area contributed by atoms with E-state index in [4.69, 9.17) is 10.2 Å². The molecule has 0 spiro atoms. The van der Waals surface area contributed by atoms with Gasteiger partial charge in [0.1, 0.15) is 12.1 Å². The van der Waals surface area contributed by atoms with Crippen LogP contribution in [0.4, 0.5) is 0 Å². The van der Waals surface area contributed by atoms with Gasteiger partial charge in [0.15, 0.2) is 0 Å². The van der Waals surface area contributed by atoms with Crippen molar-refractivity contribution in [2.75, 3.05) is 26.1 Å². The smallest absolute Gasteiger partial charge is 0.320 e. The van der Waals surface area contributed by atoms with Crippen LogP contribution in [0.15, 0.2) is 0 Å². The van der Waals surface area contributed by atoms with Crippen LogP contribution in [-0.2, 0) is 9.59 Å². The molecule has 0 aromatic heterocycles. The molecule has 0 radical (unpaired) electrons. The quantitative estimate of drug-likeness (QED) is 0.482. The molecule has 0 heterocycles. The van der Waals surface area contributed by atoms with E-state index >= 15 is 0 Å². The Morgan fingerprint density at radius 1 is 1.05 bits per heavy atom. The number of carboxylic acid groups (broad SMARTS) is 2. The van der Waals surface area contributed by atoms with Gasteiger partial charge in [0.2, 0.25) is 0 Å². The molecule has 0 aliphatic heterocycles. The maximum absolute atomic E-state index is 10.4. The first-order valence-corrected chi connectivity index (χ1v) is 8.12. The zero-order valence-corrected chi connectivity index (χ0v) is 13.6. The number of thioether (sulfide) groups is 1. The van der Waals surface area contributed by atoms with E-state index in [9.17, 15) is 9.59 Å². The van der Waals surface area contributed by atoms with Crippen molar-refractivity contribution >= 4 is 23.7 Å². The van der Waals surface area contributed by atoms with E-state index in [0.29, 0.717) is 6.42 Å². The molecule has 0 aromatic rings. The van der Waals surface area contributed by atoms with Gasteiger partial charge in [-0.05, 0) is 38.9 Å². The van der Waals surface area contributed by atoms with Crippen LogP contribution in [0.2, 0.25) is 0 Å². The normalized spacial score (nSPS) is 13.0. The van der Waals surface area contributed by atoms with Gasteiger partial charge in [0.05, 0.1) is 0 Å². The number of hydrogen-bond donors (Lipinski definition) is 4. The molecule has 0 bridgehead atoms. The standard InChI is InChI=1S/C7H15NO2.C6H13NO2S/c1-3-4-5-6(8-2)7(9)10;1-7-5(6(8)9)3-4-10-2/h6,8H,3-5H2,1-2H3,(H,9,10);5,7H,3-4H2,1-2H3,(H,8,9)/t6-;5-/m00/s1. The first-order valence-electron chi connectivity index (χ1n) is 6.73. The van der Waals surface area contributed by atoms with Gasteiger partial charge in [-0.1, -0.05) is 19.8 Å². The average molecular weight is 308 g/mol. The molecule has 0 rings (SSSR count). The number of carboxylic acids is 2. The highest BCUT2D eigenvalue weighted by atomic mass is 32.2. The Hall–Kier alpha value is -0.790. The number of nitrogens with one attached hydrogen (secondary N) is 2. The number of aliphatic carboxylic acids is 2. The SMILES string of the molecule is CCCC[C@H](NC)C(=O)O.CN[C@@H](CCSC)C(=O)O. The second-order valence-electron chi connectivity index (χ2n) is 4.28. The van der Waals surface area contributed by atoms with Gasteiger partial charge >= 0.3 is 11.9 Å². The fourth-order valence-electron chi connectivity index (χ4n) is 1.43. The van der Waals surface area contributed by atoms with Gasteiger partial charge in [-0.15, -0.1) is 0 Å². The molecule has 120 valence electrons. The fourth-order valence-corrected chi connectivity index (χ4v) is 1.90. The second kappa shape index (κ2) is 14.6. The van der Waals surface area contributed by atoms with E-state index in [1.54, 1.807) is 25.9 Å². The molecule has 0 amide bonds. The fraction of sp³-hybridized carbons (Fsp3) is 0.846. The third kappa shape index (κ3) is 12.3. The lowest BCUT2D eigenvalue weighted by Crippen LogP contribution is -2.34. The van der Waals surface area contributed by atoms with Crippen molar-refractivity contribution in [2.45, 2.75) is 44.7 Å². The lowest BCUT2D eigenvalue weighted by Gasteiger charge is -2.08. The summed E-state index contributed by atoms with van der Waals surface area (Å²) in [5, 5.41) is 22.5. The molecule has 0 saturated carbocycles. The summed E-state index contributed by atoms with van der Waals surface area (Å²) in [6.45, 7) is 2.05. The summed E-state index contributed by atoms with van der Waals surface area (Å²) in [6.07, 6.45) is 5.40. The Balaban J connectivity index is 0. The third-order valence-electron chi connectivity index (χ3n) is 2.75. The molecule has 4 N–H and O–H groups in total. The molecule has 2 atom stereocenters. The van der Waals surface area contributed by atoms with Crippen LogP contribution in [0.25, 0.3) is 0 Å². The Labute approximate surface area is 125 Å². The second-order valence-corrected chi connectivity index (χ2v) is 5.27. The van der Waals surface area contributed by atoms with Crippen molar-refractivity contribution in [2.24, 2.45) is 0 Å². The van der Waals surface area contributed by atoms with E-state index in [2.05, 4.69) is 17.6 Å². The highest BCUT2D eigenvalue weighted by Crippen LogP contribution is 2.00. The van der Waals surface area contributed by atoms with Crippen LogP contribution in [0.3, 0.4) is 0 Å². The third-order valence-corrected chi connectivity index (χ3v) is 3.39. The largest absolute Gasteiger partial charge is 0.480 e. The van der Waals surface area contributed by atoms with Gasteiger partial charge < -0.3 is 20.8 Å². The van der Waals surface area contributed by atoms with Gasteiger partial charge in [0, 0.05) is 0 Å². The zero-order chi connectivity index (χ0) is 16.0. The minimum atomic E-state index is -0.767. The van der Waals surface area contributed by atoms with E-state index in [-0.39, 0.29) is 12.1 Å². The highest BCUT2D eigenvalue weighted by molar-refractivity contribution is 7.98. The van der Waals surface area contributed by atoms with Crippen molar-refractivity contribution in [3.8, 4) is 0 Å². The van der Waals surface area contributed by atoms with Crippen molar-refractivity contribution in [3.05, 3.63) is 0 Å². The maximum Gasteiger partial charge on any atom is 0.320 e. The topological polar surface area (TPSA) is 98.7 Å². The van der Waals surface area contributed by atoms with E-state index in [1.807, 2.05) is 6.26 Å². The van der Waals surface area contributed by atoms with Crippen LogP contribution in [0.5, 0.6) is 0 Å².